The quantitative estimate of drug-likeness (QED) is 0.579. The van der Waals surface area contributed by atoms with Crippen molar-refractivity contribution in [1.82, 2.24) is 10.3 Å². The van der Waals surface area contributed by atoms with E-state index in [4.69, 9.17) is 10.5 Å². The van der Waals surface area contributed by atoms with Gasteiger partial charge >= 0.3 is 0 Å². The first-order valence-corrected chi connectivity index (χ1v) is 7.85. The minimum absolute atomic E-state index is 0.0261. The van der Waals surface area contributed by atoms with Crippen LogP contribution in [0.4, 0.5) is 5.69 Å². The highest BCUT2D eigenvalue weighted by Crippen LogP contribution is 2.23. The molecule has 3 N–H and O–H groups in total. The summed E-state index contributed by atoms with van der Waals surface area (Å²) in [5.41, 5.74) is 7.92. The van der Waals surface area contributed by atoms with Gasteiger partial charge in [-0.05, 0) is 43.7 Å². The number of hydrogen-bond donors (Lipinski definition) is 2. The lowest BCUT2D eigenvalue weighted by Crippen LogP contribution is -2.36. The van der Waals surface area contributed by atoms with Crippen LogP contribution in [0.1, 0.15) is 36.3 Å². The van der Waals surface area contributed by atoms with Crippen molar-refractivity contribution in [2.45, 2.75) is 32.9 Å². The maximum atomic E-state index is 12.6. The Morgan fingerprint density at radius 1 is 1.30 bits per heavy atom. The number of ether oxygens (including phenoxy) is 1. The second-order valence-corrected chi connectivity index (χ2v) is 5.21. The van der Waals surface area contributed by atoms with Gasteiger partial charge in [-0.25, -0.2) is 0 Å². The van der Waals surface area contributed by atoms with Crippen LogP contribution in [0.3, 0.4) is 0 Å². The first kappa shape index (κ1) is 17.0. The molecule has 5 nitrogen and oxygen atoms in total. The van der Waals surface area contributed by atoms with E-state index in [1.807, 2.05) is 32.0 Å². The number of ketones is 1. The third kappa shape index (κ3) is 4.53. The number of pyridine rings is 1. The van der Waals surface area contributed by atoms with Crippen molar-refractivity contribution in [2.75, 3.05) is 12.3 Å². The van der Waals surface area contributed by atoms with Crippen molar-refractivity contribution in [2.24, 2.45) is 0 Å². The Morgan fingerprint density at radius 2 is 2.13 bits per heavy atom. The molecular weight excluding hydrogens is 290 g/mol. The SMILES string of the molecule is CCOc1ccc(C(=O)C(CC)NCc2ccccn2)cc1N. The van der Waals surface area contributed by atoms with E-state index in [2.05, 4.69) is 10.3 Å². The fourth-order valence-electron chi connectivity index (χ4n) is 2.34. The van der Waals surface area contributed by atoms with E-state index in [9.17, 15) is 4.79 Å². The standard InChI is InChI=1S/C18H23N3O2/c1-3-16(21-12-14-7-5-6-10-20-14)18(22)13-8-9-17(23-4-2)15(19)11-13/h5-11,16,21H,3-4,12,19H2,1-2H3. The topological polar surface area (TPSA) is 77.2 Å². The molecule has 5 heteroatoms. The average Bonchev–Trinajstić information content (AvgIpc) is 2.58. The number of aromatic nitrogens is 1. The highest BCUT2D eigenvalue weighted by molar-refractivity contribution is 6.01. The first-order chi connectivity index (χ1) is 11.2. The van der Waals surface area contributed by atoms with Gasteiger partial charge in [-0.1, -0.05) is 13.0 Å². The van der Waals surface area contributed by atoms with Gasteiger partial charge in [0.2, 0.25) is 0 Å². The fraction of sp³-hybridized carbons (Fsp3) is 0.333. The molecule has 0 fully saturated rings. The van der Waals surface area contributed by atoms with Crippen molar-refractivity contribution in [3.63, 3.8) is 0 Å². The lowest BCUT2D eigenvalue weighted by Gasteiger charge is -2.16. The summed E-state index contributed by atoms with van der Waals surface area (Å²) >= 11 is 0. The molecule has 2 rings (SSSR count). The molecule has 0 aliphatic rings. The number of nitrogens with zero attached hydrogens (tertiary/aromatic N) is 1. The van der Waals surface area contributed by atoms with E-state index in [1.165, 1.54) is 0 Å². The Labute approximate surface area is 136 Å². The lowest BCUT2D eigenvalue weighted by molar-refractivity contribution is 0.0939. The molecule has 122 valence electrons. The van der Waals surface area contributed by atoms with Crippen LogP contribution < -0.4 is 15.8 Å². The maximum absolute atomic E-state index is 12.6. The molecule has 1 unspecified atom stereocenters. The molecule has 0 saturated carbocycles. The predicted octanol–water partition coefficient (Wildman–Crippen LogP) is 2.81. The summed E-state index contributed by atoms with van der Waals surface area (Å²) in [5, 5.41) is 3.26. The third-order valence-corrected chi connectivity index (χ3v) is 3.57. The zero-order valence-electron chi connectivity index (χ0n) is 13.6. The molecule has 0 aliphatic carbocycles. The smallest absolute Gasteiger partial charge is 0.179 e. The molecule has 1 atom stereocenters. The van der Waals surface area contributed by atoms with Crippen LogP contribution in [0.5, 0.6) is 5.75 Å². The monoisotopic (exact) mass is 313 g/mol. The zero-order chi connectivity index (χ0) is 16.7. The van der Waals surface area contributed by atoms with E-state index in [0.29, 0.717) is 36.6 Å². The summed E-state index contributed by atoms with van der Waals surface area (Å²) in [6, 6.07) is 10.6. The summed E-state index contributed by atoms with van der Waals surface area (Å²) in [4.78, 5) is 16.9. The summed E-state index contributed by atoms with van der Waals surface area (Å²) in [6.07, 6.45) is 2.44. The van der Waals surface area contributed by atoms with Crippen molar-refractivity contribution in [1.29, 1.82) is 0 Å². The summed E-state index contributed by atoms with van der Waals surface area (Å²) in [6.45, 7) is 4.97. The Bertz CT molecular complexity index is 644. The van der Waals surface area contributed by atoms with Crippen molar-refractivity contribution >= 4 is 11.5 Å². The molecule has 1 aromatic carbocycles. The van der Waals surface area contributed by atoms with Crippen molar-refractivity contribution < 1.29 is 9.53 Å². The number of benzene rings is 1. The fourth-order valence-corrected chi connectivity index (χ4v) is 2.34. The molecule has 0 saturated heterocycles. The van der Waals surface area contributed by atoms with Gasteiger partial charge in [0.05, 0.1) is 24.0 Å². The number of rotatable bonds is 8. The van der Waals surface area contributed by atoms with Gasteiger partial charge in [0.25, 0.3) is 0 Å². The minimum Gasteiger partial charge on any atom is -0.492 e. The first-order valence-electron chi connectivity index (χ1n) is 7.85. The summed E-state index contributed by atoms with van der Waals surface area (Å²) < 4.78 is 5.40. The number of hydrogen-bond acceptors (Lipinski definition) is 5. The molecule has 2 aromatic rings. The Morgan fingerprint density at radius 3 is 2.74 bits per heavy atom. The molecular formula is C18H23N3O2. The van der Waals surface area contributed by atoms with Gasteiger partial charge in [0, 0.05) is 18.3 Å². The van der Waals surface area contributed by atoms with Gasteiger partial charge in [0.1, 0.15) is 5.75 Å². The molecule has 0 bridgehead atoms. The van der Waals surface area contributed by atoms with Crippen molar-refractivity contribution in [3.8, 4) is 5.75 Å². The van der Waals surface area contributed by atoms with Crippen LogP contribution in [-0.2, 0) is 6.54 Å². The number of nitrogens with two attached hydrogens (primary N) is 1. The molecule has 0 aliphatic heterocycles. The molecule has 0 radical (unpaired) electrons. The van der Waals surface area contributed by atoms with Gasteiger partial charge in [0.15, 0.2) is 5.78 Å². The Hall–Kier alpha value is -2.40. The van der Waals surface area contributed by atoms with Gasteiger partial charge in [-0.3, -0.25) is 9.78 Å². The predicted molar refractivity (Wildman–Crippen MR) is 91.5 cm³/mol. The maximum Gasteiger partial charge on any atom is 0.179 e. The van der Waals surface area contributed by atoms with E-state index in [0.717, 1.165) is 5.69 Å². The number of Topliss-reactive ketones (excluding diaryl/α,β-unsaturated/α-hetero) is 1. The highest BCUT2D eigenvalue weighted by atomic mass is 16.5. The Kier molecular flexibility index (Phi) is 6.11. The zero-order valence-corrected chi connectivity index (χ0v) is 13.6. The number of carbonyl (C=O) groups is 1. The Balaban J connectivity index is 2.05. The van der Waals surface area contributed by atoms with Crippen LogP contribution in [-0.4, -0.2) is 23.4 Å². The minimum atomic E-state index is -0.269. The van der Waals surface area contributed by atoms with E-state index in [1.54, 1.807) is 24.4 Å². The largest absolute Gasteiger partial charge is 0.492 e. The second-order valence-electron chi connectivity index (χ2n) is 5.21. The summed E-state index contributed by atoms with van der Waals surface area (Å²) in [7, 11) is 0. The van der Waals surface area contributed by atoms with Crippen LogP contribution in [0, 0.1) is 0 Å². The van der Waals surface area contributed by atoms with Crippen LogP contribution >= 0.6 is 0 Å². The molecule has 1 aromatic heterocycles. The third-order valence-electron chi connectivity index (χ3n) is 3.57. The van der Waals surface area contributed by atoms with E-state index < -0.39 is 0 Å². The number of nitrogen functional groups attached to an aromatic ring is 1. The van der Waals surface area contributed by atoms with Crippen LogP contribution in [0.15, 0.2) is 42.6 Å². The lowest BCUT2D eigenvalue weighted by atomic mass is 10.0. The van der Waals surface area contributed by atoms with Crippen LogP contribution in [0.25, 0.3) is 0 Å². The van der Waals surface area contributed by atoms with Crippen LogP contribution in [0.2, 0.25) is 0 Å². The number of nitrogens with one attached hydrogen (secondary N) is 1. The van der Waals surface area contributed by atoms with Gasteiger partial charge in [-0.2, -0.15) is 0 Å². The normalized spacial score (nSPS) is 11.9. The molecule has 0 spiro atoms. The summed E-state index contributed by atoms with van der Waals surface area (Å²) in [5.74, 6) is 0.636. The highest BCUT2D eigenvalue weighted by Gasteiger charge is 2.19. The molecule has 0 amide bonds. The van der Waals surface area contributed by atoms with Gasteiger partial charge in [-0.15, -0.1) is 0 Å². The molecule has 23 heavy (non-hydrogen) atoms. The van der Waals surface area contributed by atoms with E-state index >= 15 is 0 Å². The van der Waals surface area contributed by atoms with Gasteiger partial charge < -0.3 is 15.8 Å². The number of carbonyl (C=O) groups excluding carboxylic acids is 1. The van der Waals surface area contributed by atoms with Crippen molar-refractivity contribution in [3.05, 3.63) is 53.9 Å². The molecule has 1 heterocycles. The number of anilines is 1. The van der Waals surface area contributed by atoms with E-state index in [-0.39, 0.29) is 11.8 Å². The second kappa shape index (κ2) is 8.29. The average molecular weight is 313 g/mol.